The molecule has 1 fully saturated rings. The number of para-hydroxylation sites is 1. The van der Waals surface area contributed by atoms with Gasteiger partial charge >= 0.3 is 0 Å². The van der Waals surface area contributed by atoms with Gasteiger partial charge in [-0.1, -0.05) is 31.1 Å². The summed E-state index contributed by atoms with van der Waals surface area (Å²) >= 11 is 0. The first-order valence-corrected chi connectivity index (χ1v) is 8.83. The molecule has 1 aromatic heterocycles. The van der Waals surface area contributed by atoms with Crippen LogP contribution in [0.3, 0.4) is 0 Å². The minimum Gasteiger partial charge on any atom is -0.493 e. The van der Waals surface area contributed by atoms with Crippen molar-refractivity contribution in [1.82, 2.24) is 9.88 Å². The van der Waals surface area contributed by atoms with Crippen molar-refractivity contribution in [3.05, 3.63) is 48.9 Å². The Labute approximate surface area is 144 Å². The first kappa shape index (κ1) is 16.8. The van der Waals surface area contributed by atoms with Gasteiger partial charge in [-0.3, -0.25) is 4.90 Å². The van der Waals surface area contributed by atoms with Gasteiger partial charge in [0.05, 0.1) is 17.9 Å². The van der Waals surface area contributed by atoms with E-state index in [0.29, 0.717) is 18.5 Å². The standard InChI is InChI=1S/C20H26N2O2/c1-3-13-22(17-9-5-6-10-17)14-16-15-24-20(21-16)18-11-7-8-12-19(18)23-4-2/h3,7-8,11-12,15,17H,1,4-6,9-10,13-14H2,2H3. The molecule has 0 saturated heterocycles. The molecule has 0 radical (unpaired) electrons. The molecule has 1 heterocycles. The summed E-state index contributed by atoms with van der Waals surface area (Å²) < 4.78 is 11.4. The average molecular weight is 326 g/mol. The van der Waals surface area contributed by atoms with E-state index in [4.69, 9.17) is 14.1 Å². The summed E-state index contributed by atoms with van der Waals surface area (Å²) in [6, 6.07) is 8.51. The van der Waals surface area contributed by atoms with Crippen LogP contribution in [0, 0.1) is 0 Å². The molecule has 4 heteroatoms. The molecular formula is C20H26N2O2. The van der Waals surface area contributed by atoms with Crippen molar-refractivity contribution in [2.45, 2.75) is 45.2 Å². The maximum atomic E-state index is 5.74. The van der Waals surface area contributed by atoms with Crippen LogP contribution in [0.2, 0.25) is 0 Å². The Morgan fingerprint density at radius 3 is 2.88 bits per heavy atom. The number of hydrogen-bond acceptors (Lipinski definition) is 4. The Balaban J connectivity index is 1.76. The van der Waals surface area contributed by atoms with Crippen LogP contribution in [0.25, 0.3) is 11.5 Å². The normalized spacial score (nSPS) is 15.1. The van der Waals surface area contributed by atoms with Crippen LogP contribution >= 0.6 is 0 Å². The van der Waals surface area contributed by atoms with Gasteiger partial charge in [0, 0.05) is 19.1 Å². The van der Waals surface area contributed by atoms with Crippen LogP contribution in [-0.2, 0) is 6.54 Å². The number of nitrogens with zero attached hydrogens (tertiary/aromatic N) is 2. The predicted molar refractivity (Wildman–Crippen MR) is 96.0 cm³/mol. The van der Waals surface area contributed by atoms with Crippen molar-refractivity contribution in [3.63, 3.8) is 0 Å². The van der Waals surface area contributed by atoms with Gasteiger partial charge in [-0.15, -0.1) is 6.58 Å². The van der Waals surface area contributed by atoms with E-state index in [-0.39, 0.29) is 0 Å². The van der Waals surface area contributed by atoms with Crippen molar-refractivity contribution in [2.75, 3.05) is 13.2 Å². The molecule has 0 amide bonds. The number of hydrogen-bond donors (Lipinski definition) is 0. The van der Waals surface area contributed by atoms with Crippen molar-refractivity contribution in [2.24, 2.45) is 0 Å². The molecule has 0 N–H and O–H groups in total. The van der Waals surface area contributed by atoms with Gasteiger partial charge in [0.25, 0.3) is 0 Å². The second kappa shape index (κ2) is 8.15. The zero-order valence-corrected chi connectivity index (χ0v) is 14.4. The Morgan fingerprint density at radius 2 is 2.12 bits per heavy atom. The SMILES string of the molecule is C=CCN(Cc1coc(-c2ccccc2OCC)n1)C1CCCC1. The van der Waals surface area contributed by atoms with Crippen molar-refractivity contribution in [1.29, 1.82) is 0 Å². The van der Waals surface area contributed by atoms with Gasteiger partial charge in [0.2, 0.25) is 5.89 Å². The molecule has 1 saturated carbocycles. The molecule has 3 rings (SSSR count). The highest BCUT2D eigenvalue weighted by molar-refractivity contribution is 5.62. The zero-order chi connectivity index (χ0) is 16.8. The lowest BCUT2D eigenvalue weighted by Gasteiger charge is -2.26. The van der Waals surface area contributed by atoms with E-state index < -0.39 is 0 Å². The lowest BCUT2D eigenvalue weighted by molar-refractivity contribution is 0.209. The number of benzene rings is 1. The first-order valence-electron chi connectivity index (χ1n) is 8.83. The summed E-state index contributed by atoms with van der Waals surface area (Å²) in [5, 5.41) is 0. The van der Waals surface area contributed by atoms with E-state index in [1.54, 1.807) is 6.26 Å². The molecule has 1 aliphatic carbocycles. The summed E-state index contributed by atoms with van der Waals surface area (Å²) in [5.74, 6) is 1.44. The number of aromatic nitrogens is 1. The largest absolute Gasteiger partial charge is 0.493 e. The smallest absolute Gasteiger partial charge is 0.229 e. The minimum atomic E-state index is 0.624. The number of ether oxygens (including phenoxy) is 1. The third kappa shape index (κ3) is 3.88. The highest BCUT2D eigenvalue weighted by Crippen LogP contribution is 2.30. The molecule has 0 atom stereocenters. The molecule has 0 spiro atoms. The average Bonchev–Trinajstić information content (AvgIpc) is 3.27. The monoisotopic (exact) mass is 326 g/mol. The molecule has 1 aromatic carbocycles. The van der Waals surface area contributed by atoms with E-state index in [9.17, 15) is 0 Å². The Hall–Kier alpha value is -2.07. The van der Waals surface area contributed by atoms with Crippen LogP contribution in [-0.4, -0.2) is 29.1 Å². The van der Waals surface area contributed by atoms with Gasteiger partial charge in [0.15, 0.2) is 0 Å². The van der Waals surface area contributed by atoms with Crippen molar-refractivity contribution in [3.8, 4) is 17.2 Å². The lowest BCUT2D eigenvalue weighted by Crippen LogP contribution is -2.32. The molecule has 0 unspecified atom stereocenters. The maximum Gasteiger partial charge on any atom is 0.229 e. The summed E-state index contributed by atoms with van der Waals surface area (Å²) in [7, 11) is 0. The predicted octanol–water partition coefficient (Wildman–Crippen LogP) is 4.67. The highest BCUT2D eigenvalue weighted by Gasteiger charge is 2.23. The van der Waals surface area contributed by atoms with E-state index in [1.165, 1.54) is 25.7 Å². The minimum absolute atomic E-state index is 0.624. The Bertz CT molecular complexity index is 659. The van der Waals surface area contributed by atoms with Crippen molar-refractivity contribution < 1.29 is 9.15 Å². The van der Waals surface area contributed by atoms with Crippen molar-refractivity contribution >= 4 is 0 Å². The van der Waals surface area contributed by atoms with Crippen LogP contribution in [0.15, 0.2) is 47.6 Å². The van der Waals surface area contributed by atoms with Gasteiger partial charge < -0.3 is 9.15 Å². The third-order valence-electron chi connectivity index (χ3n) is 4.54. The third-order valence-corrected chi connectivity index (χ3v) is 4.54. The fourth-order valence-electron chi connectivity index (χ4n) is 3.41. The summed E-state index contributed by atoms with van der Waals surface area (Å²) in [4.78, 5) is 7.15. The topological polar surface area (TPSA) is 38.5 Å². The molecule has 24 heavy (non-hydrogen) atoms. The molecule has 0 bridgehead atoms. The first-order chi connectivity index (χ1) is 11.8. The fourth-order valence-corrected chi connectivity index (χ4v) is 3.41. The van der Waals surface area contributed by atoms with Crippen LogP contribution in [0.4, 0.5) is 0 Å². The summed E-state index contributed by atoms with van der Waals surface area (Å²) in [6.07, 6.45) is 8.93. The summed E-state index contributed by atoms with van der Waals surface area (Å²) in [6.45, 7) is 8.19. The number of rotatable bonds is 8. The zero-order valence-electron chi connectivity index (χ0n) is 14.4. The van der Waals surface area contributed by atoms with Gasteiger partial charge in [-0.2, -0.15) is 0 Å². The highest BCUT2D eigenvalue weighted by atomic mass is 16.5. The maximum absolute atomic E-state index is 5.74. The van der Waals surface area contributed by atoms with Crippen LogP contribution in [0.1, 0.15) is 38.3 Å². The molecule has 128 valence electrons. The van der Waals surface area contributed by atoms with Crippen LogP contribution in [0.5, 0.6) is 5.75 Å². The van der Waals surface area contributed by atoms with E-state index >= 15 is 0 Å². The van der Waals surface area contributed by atoms with Gasteiger partial charge in [-0.25, -0.2) is 4.98 Å². The second-order valence-electron chi connectivity index (χ2n) is 6.23. The van der Waals surface area contributed by atoms with Crippen LogP contribution < -0.4 is 4.74 Å². The summed E-state index contributed by atoms with van der Waals surface area (Å²) in [5.41, 5.74) is 1.87. The molecule has 2 aromatic rings. The number of oxazole rings is 1. The second-order valence-corrected chi connectivity index (χ2v) is 6.23. The quantitative estimate of drug-likeness (QED) is 0.661. The van der Waals surface area contributed by atoms with E-state index in [2.05, 4.69) is 11.5 Å². The van der Waals surface area contributed by atoms with Gasteiger partial charge in [-0.05, 0) is 31.9 Å². The Kier molecular flexibility index (Phi) is 5.70. The molecule has 4 nitrogen and oxygen atoms in total. The molecular weight excluding hydrogens is 300 g/mol. The fraction of sp³-hybridized carbons (Fsp3) is 0.450. The lowest BCUT2D eigenvalue weighted by atomic mass is 10.2. The molecule has 1 aliphatic rings. The van der Waals surface area contributed by atoms with Gasteiger partial charge in [0.1, 0.15) is 12.0 Å². The van der Waals surface area contributed by atoms with E-state index in [0.717, 1.165) is 30.1 Å². The molecule has 0 aliphatic heterocycles. The Morgan fingerprint density at radius 1 is 1.33 bits per heavy atom. The van der Waals surface area contributed by atoms with E-state index in [1.807, 2.05) is 37.3 Å².